The fourth-order valence-electron chi connectivity index (χ4n) is 3.48. The van der Waals surface area contributed by atoms with E-state index >= 15 is 0 Å². The Balaban J connectivity index is 2.10. The van der Waals surface area contributed by atoms with Crippen LogP contribution in [0.1, 0.15) is 53.8 Å². The molecule has 1 unspecified atom stereocenters. The van der Waals surface area contributed by atoms with Gasteiger partial charge in [-0.05, 0) is 57.0 Å². The molecular formula is C20H31N3O2. The van der Waals surface area contributed by atoms with Crippen molar-refractivity contribution in [2.75, 3.05) is 39.8 Å². The van der Waals surface area contributed by atoms with Crippen LogP contribution in [0.15, 0.2) is 24.3 Å². The molecule has 1 aromatic carbocycles. The molecule has 0 aromatic heterocycles. The van der Waals surface area contributed by atoms with Gasteiger partial charge >= 0.3 is 0 Å². The zero-order chi connectivity index (χ0) is 18.2. The van der Waals surface area contributed by atoms with Crippen LogP contribution >= 0.6 is 0 Å². The zero-order valence-corrected chi connectivity index (χ0v) is 15.8. The first-order valence-electron chi connectivity index (χ1n) is 9.43. The van der Waals surface area contributed by atoms with Crippen LogP contribution in [0.2, 0.25) is 0 Å². The van der Waals surface area contributed by atoms with E-state index in [0.717, 1.165) is 52.0 Å². The lowest BCUT2D eigenvalue weighted by Crippen LogP contribution is -2.33. The van der Waals surface area contributed by atoms with Crippen LogP contribution in [0.5, 0.6) is 0 Å². The largest absolute Gasteiger partial charge is 0.339 e. The van der Waals surface area contributed by atoms with Crippen LogP contribution in [-0.4, -0.2) is 61.4 Å². The summed E-state index contributed by atoms with van der Waals surface area (Å²) in [6, 6.07) is 7.20. The molecule has 1 aromatic rings. The Bertz CT molecular complexity index is 582. The number of nitrogens with one attached hydrogen (secondary N) is 1. The van der Waals surface area contributed by atoms with E-state index in [2.05, 4.69) is 19.2 Å². The summed E-state index contributed by atoms with van der Waals surface area (Å²) in [6.07, 6.45) is 2.90. The van der Waals surface area contributed by atoms with Gasteiger partial charge in [-0.3, -0.25) is 9.59 Å². The highest BCUT2D eigenvalue weighted by Crippen LogP contribution is 2.19. The highest BCUT2D eigenvalue weighted by Gasteiger charge is 2.27. The van der Waals surface area contributed by atoms with E-state index in [4.69, 9.17) is 0 Å². The molecular weight excluding hydrogens is 314 g/mol. The number of carbonyl (C=O) groups is 2. The van der Waals surface area contributed by atoms with E-state index in [1.165, 1.54) is 0 Å². The lowest BCUT2D eigenvalue weighted by molar-refractivity contribution is 0.0755. The van der Waals surface area contributed by atoms with Crippen LogP contribution in [0, 0.1) is 5.92 Å². The third kappa shape index (κ3) is 5.05. The molecule has 1 atom stereocenters. The Hall–Kier alpha value is -1.88. The van der Waals surface area contributed by atoms with Gasteiger partial charge in [0.25, 0.3) is 11.8 Å². The molecule has 5 heteroatoms. The molecule has 1 aliphatic heterocycles. The predicted octanol–water partition coefficient (Wildman–Crippen LogP) is 2.63. The minimum Gasteiger partial charge on any atom is -0.339 e. The Morgan fingerprint density at radius 2 is 1.88 bits per heavy atom. The summed E-state index contributed by atoms with van der Waals surface area (Å²) in [5.41, 5.74) is 1.22. The number of nitrogens with zero attached hydrogens (tertiary/aromatic N) is 2. The van der Waals surface area contributed by atoms with Gasteiger partial charge in [0.15, 0.2) is 0 Å². The van der Waals surface area contributed by atoms with Crippen molar-refractivity contribution >= 4 is 11.8 Å². The number of rotatable bonds is 8. The van der Waals surface area contributed by atoms with Gasteiger partial charge in [-0.2, -0.15) is 0 Å². The minimum atomic E-state index is 0.0211. The van der Waals surface area contributed by atoms with Crippen molar-refractivity contribution in [1.82, 2.24) is 15.1 Å². The molecule has 1 N–H and O–H groups in total. The summed E-state index contributed by atoms with van der Waals surface area (Å²) >= 11 is 0. The average Bonchev–Trinajstić information content (AvgIpc) is 3.09. The SMILES string of the molecule is CCCN(CCC)C(=O)c1cccc(C(=O)N2CCC(CNC)C2)c1. The van der Waals surface area contributed by atoms with Crippen LogP contribution in [0.25, 0.3) is 0 Å². The molecule has 0 aliphatic carbocycles. The van der Waals surface area contributed by atoms with Gasteiger partial charge in [-0.15, -0.1) is 0 Å². The van der Waals surface area contributed by atoms with Crippen molar-refractivity contribution in [3.05, 3.63) is 35.4 Å². The van der Waals surface area contributed by atoms with Crippen LogP contribution in [-0.2, 0) is 0 Å². The number of likely N-dealkylation sites (tertiary alicyclic amines) is 1. The molecule has 0 saturated carbocycles. The van der Waals surface area contributed by atoms with Gasteiger partial charge < -0.3 is 15.1 Å². The lowest BCUT2D eigenvalue weighted by Gasteiger charge is -2.22. The van der Waals surface area contributed by atoms with Crippen molar-refractivity contribution < 1.29 is 9.59 Å². The third-order valence-corrected chi connectivity index (χ3v) is 4.70. The zero-order valence-electron chi connectivity index (χ0n) is 15.8. The fraction of sp³-hybridized carbons (Fsp3) is 0.600. The number of hydrogen-bond donors (Lipinski definition) is 1. The second kappa shape index (κ2) is 9.56. The van der Waals surface area contributed by atoms with Crippen molar-refractivity contribution in [2.24, 2.45) is 5.92 Å². The molecule has 0 radical (unpaired) electrons. The average molecular weight is 345 g/mol. The summed E-state index contributed by atoms with van der Waals surface area (Å²) in [5, 5.41) is 3.18. The highest BCUT2D eigenvalue weighted by atomic mass is 16.2. The number of hydrogen-bond acceptors (Lipinski definition) is 3. The maximum Gasteiger partial charge on any atom is 0.253 e. The first-order valence-corrected chi connectivity index (χ1v) is 9.43. The van der Waals surface area contributed by atoms with Gasteiger partial charge in [0.05, 0.1) is 0 Å². The Kier molecular flexibility index (Phi) is 7.44. The first kappa shape index (κ1) is 19.4. The monoisotopic (exact) mass is 345 g/mol. The number of carbonyl (C=O) groups excluding carboxylic acids is 2. The predicted molar refractivity (Wildman–Crippen MR) is 101 cm³/mol. The van der Waals surface area contributed by atoms with Crippen molar-refractivity contribution in [2.45, 2.75) is 33.1 Å². The van der Waals surface area contributed by atoms with Crippen molar-refractivity contribution in [1.29, 1.82) is 0 Å². The third-order valence-electron chi connectivity index (χ3n) is 4.70. The van der Waals surface area contributed by atoms with Gasteiger partial charge in [0, 0.05) is 37.3 Å². The molecule has 0 bridgehead atoms. The molecule has 1 fully saturated rings. The molecule has 5 nitrogen and oxygen atoms in total. The maximum absolute atomic E-state index is 12.8. The van der Waals surface area contributed by atoms with Gasteiger partial charge in [0.1, 0.15) is 0 Å². The van der Waals surface area contributed by atoms with E-state index in [1.54, 1.807) is 6.07 Å². The molecule has 0 spiro atoms. The first-order chi connectivity index (χ1) is 12.1. The van der Waals surface area contributed by atoms with Crippen LogP contribution < -0.4 is 5.32 Å². The van der Waals surface area contributed by atoms with Gasteiger partial charge in [-0.25, -0.2) is 0 Å². The Labute approximate surface area is 151 Å². The second-order valence-electron chi connectivity index (χ2n) is 6.84. The molecule has 2 amide bonds. The fourth-order valence-corrected chi connectivity index (χ4v) is 3.48. The summed E-state index contributed by atoms with van der Waals surface area (Å²) < 4.78 is 0. The summed E-state index contributed by atoms with van der Waals surface area (Å²) in [4.78, 5) is 29.3. The highest BCUT2D eigenvalue weighted by molar-refractivity contribution is 5.99. The lowest BCUT2D eigenvalue weighted by atomic mass is 10.1. The number of benzene rings is 1. The van der Waals surface area contributed by atoms with E-state index in [-0.39, 0.29) is 11.8 Å². The van der Waals surface area contributed by atoms with Crippen molar-refractivity contribution in [3.63, 3.8) is 0 Å². The van der Waals surface area contributed by atoms with E-state index in [0.29, 0.717) is 17.0 Å². The molecule has 1 saturated heterocycles. The summed E-state index contributed by atoms with van der Waals surface area (Å²) in [6.45, 7) is 8.17. The topological polar surface area (TPSA) is 52.7 Å². The summed E-state index contributed by atoms with van der Waals surface area (Å²) in [7, 11) is 1.94. The number of amides is 2. The van der Waals surface area contributed by atoms with Gasteiger partial charge in [-0.1, -0.05) is 19.9 Å². The van der Waals surface area contributed by atoms with Crippen molar-refractivity contribution in [3.8, 4) is 0 Å². The van der Waals surface area contributed by atoms with E-state index in [1.807, 2.05) is 35.0 Å². The minimum absolute atomic E-state index is 0.0211. The Morgan fingerprint density at radius 3 is 2.52 bits per heavy atom. The quantitative estimate of drug-likeness (QED) is 0.788. The molecule has 1 heterocycles. The van der Waals surface area contributed by atoms with Crippen LogP contribution in [0.4, 0.5) is 0 Å². The smallest absolute Gasteiger partial charge is 0.253 e. The Morgan fingerprint density at radius 1 is 1.20 bits per heavy atom. The summed E-state index contributed by atoms with van der Waals surface area (Å²) in [5.74, 6) is 0.571. The second-order valence-corrected chi connectivity index (χ2v) is 6.84. The van der Waals surface area contributed by atoms with Gasteiger partial charge in [0.2, 0.25) is 0 Å². The standard InChI is InChI=1S/C20H31N3O2/c1-4-10-22(11-5-2)19(24)17-7-6-8-18(13-17)20(25)23-12-9-16(15-23)14-21-3/h6-8,13,16,21H,4-5,9-12,14-15H2,1-3H3. The maximum atomic E-state index is 12.8. The normalized spacial score (nSPS) is 16.9. The van der Waals surface area contributed by atoms with Crippen LogP contribution in [0.3, 0.4) is 0 Å². The molecule has 25 heavy (non-hydrogen) atoms. The van der Waals surface area contributed by atoms with E-state index < -0.39 is 0 Å². The molecule has 1 aliphatic rings. The van der Waals surface area contributed by atoms with E-state index in [9.17, 15) is 9.59 Å². The molecule has 138 valence electrons. The molecule has 2 rings (SSSR count).